The molecule has 1 heterocycles. The van der Waals surface area contributed by atoms with Crippen LogP contribution in [0.3, 0.4) is 0 Å². The summed E-state index contributed by atoms with van der Waals surface area (Å²) in [6, 6.07) is 7.23. The smallest absolute Gasteiger partial charge is 0.325 e. The fraction of sp³-hybridized carbons (Fsp3) is 0.591. The number of halogens is 1. The van der Waals surface area contributed by atoms with Gasteiger partial charge in [0.25, 0.3) is 5.91 Å². The fourth-order valence-corrected chi connectivity index (χ4v) is 4.82. The molecule has 7 nitrogen and oxygen atoms in total. The van der Waals surface area contributed by atoms with Crippen LogP contribution in [0.1, 0.15) is 57.6 Å². The molecule has 2 aliphatic rings. The summed E-state index contributed by atoms with van der Waals surface area (Å²) in [5, 5.41) is 6.48. The van der Waals surface area contributed by atoms with Crippen molar-refractivity contribution in [2.75, 3.05) is 26.2 Å². The van der Waals surface area contributed by atoms with E-state index in [2.05, 4.69) is 29.4 Å². The maximum atomic E-state index is 12.7. The SMILES string of the molecule is CCN(CC)C(CNC(=O)CCN1C(=O)NC2(CCCC2)C1=O)c1ccccc1Cl. The molecule has 164 valence electrons. The summed E-state index contributed by atoms with van der Waals surface area (Å²) in [7, 11) is 0. The van der Waals surface area contributed by atoms with Gasteiger partial charge < -0.3 is 10.6 Å². The first kappa shape index (κ1) is 22.6. The highest BCUT2D eigenvalue weighted by atomic mass is 35.5. The van der Waals surface area contributed by atoms with Gasteiger partial charge in [-0.2, -0.15) is 0 Å². The number of urea groups is 1. The number of nitrogens with one attached hydrogen (secondary N) is 2. The Labute approximate surface area is 183 Å². The van der Waals surface area contributed by atoms with Gasteiger partial charge in [0.1, 0.15) is 5.54 Å². The van der Waals surface area contributed by atoms with Gasteiger partial charge >= 0.3 is 6.03 Å². The number of nitrogens with zero attached hydrogens (tertiary/aromatic N) is 2. The number of amides is 4. The number of carbonyl (C=O) groups excluding carboxylic acids is 3. The van der Waals surface area contributed by atoms with Crippen molar-refractivity contribution in [3.63, 3.8) is 0 Å². The van der Waals surface area contributed by atoms with Gasteiger partial charge in [-0.15, -0.1) is 0 Å². The number of carbonyl (C=O) groups is 3. The van der Waals surface area contributed by atoms with Crippen LogP contribution < -0.4 is 10.6 Å². The first-order valence-corrected chi connectivity index (χ1v) is 11.2. The van der Waals surface area contributed by atoms with Gasteiger partial charge in [-0.1, -0.05) is 56.5 Å². The minimum atomic E-state index is -0.731. The molecule has 1 aromatic carbocycles. The Bertz CT molecular complexity index is 790. The minimum Gasteiger partial charge on any atom is -0.354 e. The molecule has 1 saturated heterocycles. The van der Waals surface area contributed by atoms with Crippen LogP contribution in [-0.4, -0.2) is 59.4 Å². The lowest BCUT2D eigenvalue weighted by atomic mass is 9.98. The van der Waals surface area contributed by atoms with E-state index in [9.17, 15) is 14.4 Å². The van der Waals surface area contributed by atoms with Gasteiger partial charge in [-0.05, 0) is 37.6 Å². The van der Waals surface area contributed by atoms with E-state index < -0.39 is 5.54 Å². The average molecular weight is 435 g/mol. The number of hydrogen-bond acceptors (Lipinski definition) is 4. The zero-order valence-electron chi connectivity index (χ0n) is 17.7. The van der Waals surface area contributed by atoms with Crippen LogP contribution in [0.4, 0.5) is 4.79 Å². The third-order valence-electron chi connectivity index (χ3n) is 6.28. The summed E-state index contributed by atoms with van der Waals surface area (Å²) in [5.41, 5.74) is 0.242. The lowest BCUT2D eigenvalue weighted by molar-refractivity contribution is -0.131. The third-order valence-corrected chi connectivity index (χ3v) is 6.62. The second-order valence-corrected chi connectivity index (χ2v) is 8.40. The summed E-state index contributed by atoms with van der Waals surface area (Å²) >= 11 is 6.40. The second-order valence-electron chi connectivity index (χ2n) is 7.99. The van der Waals surface area contributed by atoms with E-state index in [0.717, 1.165) is 31.5 Å². The Morgan fingerprint density at radius 1 is 1.23 bits per heavy atom. The number of hydrogen-bond donors (Lipinski definition) is 2. The first-order chi connectivity index (χ1) is 14.4. The molecule has 30 heavy (non-hydrogen) atoms. The molecule has 0 bridgehead atoms. The molecular formula is C22H31ClN4O3. The summed E-state index contributed by atoms with van der Waals surface area (Å²) in [6.07, 6.45) is 3.33. The van der Waals surface area contributed by atoms with Crippen molar-refractivity contribution in [1.82, 2.24) is 20.4 Å². The third kappa shape index (κ3) is 4.62. The van der Waals surface area contributed by atoms with Crippen LogP contribution in [-0.2, 0) is 9.59 Å². The van der Waals surface area contributed by atoms with Crippen LogP contribution in [0.5, 0.6) is 0 Å². The van der Waals surface area contributed by atoms with Crippen LogP contribution in [0.25, 0.3) is 0 Å². The molecule has 2 N–H and O–H groups in total. The molecule has 8 heteroatoms. The summed E-state index contributed by atoms with van der Waals surface area (Å²) in [6.45, 7) is 6.31. The van der Waals surface area contributed by atoms with Crippen molar-refractivity contribution in [3.05, 3.63) is 34.9 Å². The summed E-state index contributed by atoms with van der Waals surface area (Å²) in [4.78, 5) is 40.9. The van der Waals surface area contributed by atoms with Gasteiger partial charge in [0.15, 0.2) is 0 Å². The minimum absolute atomic E-state index is 0.0453. The van der Waals surface area contributed by atoms with Gasteiger partial charge in [0, 0.05) is 24.5 Å². The summed E-state index contributed by atoms with van der Waals surface area (Å²) in [5.74, 6) is -0.373. The molecule has 0 radical (unpaired) electrons. The van der Waals surface area contributed by atoms with E-state index in [1.807, 2.05) is 24.3 Å². The zero-order chi connectivity index (χ0) is 21.7. The lowest BCUT2D eigenvalue weighted by Crippen LogP contribution is -2.44. The van der Waals surface area contributed by atoms with Crippen molar-refractivity contribution < 1.29 is 14.4 Å². The Morgan fingerprint density at radius 3 is 2.53 bits per heavy atom. The van der Waals surface area contributed by atoms with Gasteiger partial charge in [0.05, 0.1) is 6.04 Å². The van der Waals surface area contributed by atoms with E-state index in [4.69, 9.17) is 11.6 Å². The highest BCUT2D eigenvalue weighted by molar-refractivity contribution is 6.31. The quantitative estimate of drug-likeness (QED) is 0.585. The molecule has 1 aliphatic carbocycles. The largest absolute Gasteiger partial charge is 0.354 e. The molecule has 1 saturated carbocycles. The summed E-state index contributed by atoms with van der Waals surface area (Å²) < 4.78 is 0. The number of imide groups is 1. The van der Waals surface area contributed by atoms with Crippen LogP contribution in [0.15, 0.2) is 24.3 Å². The highest BCUT2D eigenvalue weighted by Crippen LogP contribution is 2.35. The predicted octanol–water partition coefficient (Wildman–Crippen LogP) is 3.09. The van der Waals surface area contributed by atoms with Crippen LogP contribution in [0.2, 0.25) is 5.02 Å². The maximum Gasteiger partial charge on any atom is 0.325 e. The number of rotatable bonds is 9. The fourth-order valence-electron chi connectivity index (χ4n) is 4.55. The highest BCUT2D eigenvalue weighted by Gasteiger charge is 2.52. The molecule has 1 atom stereocenters. The molecule has 2 fully saturated rings. The molecular weight excluding hydrogens is 404 g/mol. The van der Waals surface area contributed by atoms with Crippen molar-refractivity contribution in [2.45, 2.75) is 57.5 Å². The standard InChI is InChI=1S/C22H31ClN4O3/c1-3-26(4-2)18(16-9-5-6-10-17(16)23)15-24-19(28)11-14-27-20(29)22(25-21(27)30)12-7-8-13-22/h5-6,9-10,18H,3-4,7-8,11-15H2,1-2H3,(H,24,28)(H,25,30). The molecule has 3 rings (SSSR count). The average Bonchev–Trinajstić information content (AvgIpc) is 3.29. The van der Waals surface area contributed by atoms with Crippen molar-refractivity contribution in [1.29, 1.82) is 0 Å². The normalized spacial score (nSPS) is 18.9. The van der Waals surface area contributed by atoms with Gasteiger partial charge in [-0.25, -0.2) is 4.79 Å². The molecule has 1 unspecified atom stereocenters. The monoisotopic (exact) mass is 434 g/mol. The van der Waals surface area contributed by atoms with Crippen LogP contribution in [0, 0.1) is 0 Å². The van der Waals surface area contributed by atoms with Crippen molar-refractivity contribution in [2.24, 2.45) is 0 Å². The number of benzene rings is 1. The van der Waals surface area contributed by atoms with E-state index >= 15 is 0 Å². The topological polar surface area (TPSA) is 81.8 Å². The van der Waals surface area contributed by atoms with E-state index in [1.165, 1.54) is 4.90 Å². The Kier molecular flexibility index (Phi) is 7.36. The van der Waals surface area contributed by atoms with Crippen LogP contribution >= 0.6 is 11.6 Å². The lowest BCUT2D eigenvalue weighted by Gasteiger charge is -2.31. The number of likely N-dealkylation sites (N-methyl/N-ethyl adjacent to an activating group) is 1. The van der Waals surface area contributed by atoms with E-state index in [0.29, 0.717) is 24.4 Å². The molecule has 0 aromatic heterocycles. The van der Waals surface area contributed by atoms with Crippen molar-refractivity contribution >= 4 is 29.4 Å². The van der Waals surface area contributed by atoms with Crippen molar-refractivity contribution in [3.8, 4) is 0 Å². The molecule has 1 aromatic rings. The first-order valence-electron chi connectivity index (χ1n) is 10.8. The zero-order valence-corrected chi connectivity index (χ0v) is 18.5. The van der Waals surface area contributed by atoms with Gasteiger partial charge in [-0.3, -0.25) is 19.4 Å². The Hall–Kier alpha value is -2.12. The second kappa shape index (κ2) is 9.79. The Morgan fingerprint density at radius 2 is 1.90 bits per heavy atom. The van der Waals surface area contributed by atoms with E-state index in [1.54, 1.807) is 0 Å². The Balaban J connectivity index is 1.58. The van der Waals surface area contributed by atoms with E-state index in [-0.39, 0.29) is 36.9 Å². The molecule has 1 spiro atoms. The maximum absolute atomic E-state index is 12.7. The van der Waals surface area contributed by atoms with Gasteiger partial charge in [0.2, 0.25) is 5.91 Å². The molecule has 1 aliphatic heterocycles. The predicted molar refractivity (Wildman–Crippen MR) is 116 cm³/mol. The molecule has 4 amide bonds.